The fourth-order valence-electron chi connectivity index (χ4n) is 1.77. The number of aliphatic hydroxyl groups is 1. The van der Waals surface area contributed by atoms with Gasteiger partial charge in [0, 0.05) is 0 Å². The molecule has 0 unspecified atom stereocenters. The molecule has 2 rings (SSSR count). The van der Waals surface area contributed by atoms with Gasteiger partial charge in [0.15, 0.2) is 5.54 Å². The van der Waals surface area contributed by atoms with Crippen LogP contribution in [0.5, 0.6) is 5.75 Å². The third-order valence-corrected chi connectivity index (χ3v) is 2.96. The van der Waals surface area contributed by atoms with E-state index in [1.54, 1.807) is 54.6 Å². The van der Waals surface area contributed by atoms with Crippen LogP contribution in [-0.4, -0.2) is 22.8 Å². The van der Waals surface area contributed by atoms with E-state index in [9.17, 15) is 15.0 Å². The molecule has 0 aromatic heterocycles. The highest BCUT2D eigenvalue weighted by molar-refractivity contribution is 5.80. The smallest absolute Gasteiger partial charge is 0.334 e. The van der Waals surface area contributed by atoms with Gasteiger partial charge in [0.1, 0.15) is 5.75 Å². The van der Waals surface area contributed by atoms with Gasteiger partial charge in [0.25, 0.3) is 0 Å². The molecule has 0 bridgehead atoms. The van der Waals surface area contributed by atoms with Crippen LogP contribution in [-0.2, 0) is 10.3 Å². The van der Waals surface area contributed by atoms with Crippen molar-refractivity contribution in [2.75, 3.05) is 6.61 Å². The summed E-state index contributed by atoms with van der Waals surface area (Å²) in [6, 6.07) is 17.1. The predicted molar refractivity (Wildman–Crippen MR) is 73.0 cm³/mol. The zero-order valence-electron chi connectivity index (χ0n) is 10.7. The number of carboxylic acid groups (broad SMARTS) is 1. The van der Waals surface area contributed by atoms with Crippen LogP contribution in [0.25, 0.3) is 0 Å². The molecule has 0 saturated heterocycles. The van der Waals surface area contributed by atoms with Gasteiger partial charge < -0.3 is 15.1 Å². The maximum Gasteiger partial charge on any atom is 0.334 e. The van der Waals surface area contributed by atoms with Crippen molar-refractivity contribution in [3.05, 3.63) is 66.2 Å². The summed E-state index contributed by atoms with van der Waals surface area (Å²) in [5, 5.41) is 19.0. The molecule has 2 aromatic rings. The van der Waals surface area contributed by atoms with Crippen LogP contribution in [0.1, 0.15) is 5.56 Å². The first kappa shape index (κ1) is 14.0. The minimum absolute atomic E-state index is 0.408. The molecule has 20 heavy (non-hydrogen) atoms. The number of hydrogen-bond acceptors (Lipinski definition) is 4. The van der Waals surface area contributed by atoms with Crippen LogP contribution in [0, 0.1) is 0 Å². The van der Waals surface area contributed by atoms with Crippen LogP contribution in [0.4, 0.5) is 0 Å². The summed E-state index contributed by atoms with van der Waals surface area (Å²) < 4.78 is 0. The molecule has 0 aliphatic rings. The fourth-order valence-corrected chi connectivity index (χ4v) is 1.77. The number of aliphatic hydroxyl groups excluding tert-OH is 1. The Hall–Kier alpha value is -2.37. The van der Waals surface area contributed by atoms with Gasteiger partial charge in [-0.25, -0.2) is 4.79 Å². The lowest BCUT2D eigenvalue weighted by molar-refractivity contribution is -0.152. The van der Waals surface area contributed by atoms with E-state index in [0.717, 1.165) is 0 Å². The van der Waals surface area contributed by atoms with Crippen LogP contribution < -0.4 is 10.3 Å². The second-order valence-corrected chi connectivity index (χ2v) is 4.25. The summed E-state index contributed by atoms with van der Waals surface area (Å²) in [4.78, 5) is 16.9. The van der Waals surface area contributed by atoms with Crippen molar-refractivity contribution in [2.24, 2.45) is 0 Å². The minimum atomic E-state index is -1.71. The Bertz CT molecular complexity index is 559. The maximum atomic E-state index is 11.6. The Kier molecular flexibility index (Phi) is 4.34. The second-order valence-electron chi connectivity index (χ2n) is 4.25. The largest absolute Gasteiger partial charge is 0.479 e. The Morgan fingerprint density at radius 2 is 1.60 bits per heavy atom. The van der Waals surface area contributed by atoms with E-state index in [4.69, 9.17) is 4.84 Å². The van der Waals surface area contributed by atoms with E-state index in [0.29, 0.717) is 11.3 Å². The molecule has 2 aromatic carbocycles. The van der Waals surface area contributed by atoms with E-state index in [2.05, 4.69) is 5.48 Å². The van der Waals surface area contributed by atoms with Gasteiger partial charge in [0.05, 0.1) is 6.61 Å². The zero-order valence-corrected chi connectivity index (χ0v) is 10.7. The number of carbonyl (C=O) groups is 1. The average Bonchev–Trinajstić information content (AvgIpc) is 2.50. The molecule has 0 aliphatic carbocycles. The van der Waals surface area contributed by atoms with Crippen molar-refractivity contribution in [1.29, 1.82) is 0 Å². The van der Waals surface area contributed by atoms with Gasteiger partial charge in [-0.05, 0) is 17.7 Å². The quantitative estimate of drug-likeness (QED) is 0.696. The van der Waals surface area contributed by atoms with Gasteiger partial charge in [-0.2, -0.15) is 0 Å². The van der Waals surface area contributed by atoms with Crippen molar-refractivity contribution in [3.63, 3.8) is 0 Å². The molecular formula is C15H15NO4. The Balaban J connectivity index is 2.26. The molecule has 104 valence electrons. The number of hydroxylamine groups is 1. The van der Waals surface area contributed by atoms with Gasteiger partial charge >= 0.3 is 5.97 Å². The number of rotatable bonds is 6. The highest BCUT2D eigenvalue weighted by Crippen LogP contribution is 2.22. The second kappa shape index (κ2) is 6.18. The number of nitrogens with one attached hydrogen (secondary N) is 1. The SMILES string of the molecule is O=C(O)[C@](CO)(NOc1ccccc1)c1ccccc1. The summed E-state index contributed by atoms with van der Waals surface area (Å²) in [5.74, 6) is -0.760. The van der Waals surface area contributed by atoms with Gasteiger partial charge in [-0.15, -0.1) is 5.48 Å². The Morgan fingerprint density at radius 1 is 1.05 bits per heavy atom. The molecular weight excluding hydrogens is 258 g/mol. The van der Waals surface area contributed by atoms with Crippen molar-refractivity contribution in [1.82, 2.24) is 5.48 Å². The molecule has 5 nitrogen and oxygen atoms in total. The van der Waals surface area contributed by atoms with E-state index >= 15 is 0 Å². The van der Waals surface area contributed by atoms with Gasteiger partial charge in [-0.3, -0.25) is 0 Å². The minimum Gasteiger partial charge on any atom is -0.479 e. The third-order valence-electron chi connectivity index (χ3n) is 2.96. The van der Waals surface area contributed by atoms with Crippen molar-refractivity contribution in [2.45, 2.75) is 5.54 Å². The topological polar surface area (TPSA) is 78.8 Å². The number of benzene rings is 2. The van der Waals surface area contributed by atoms with Crippen LogP contribution >= 0.6 is 0 Å². The monoisotopic (exact) mass is 273 g/mol. The highest BCUT2D eigenvalue weighted by Gasteiger charge is 2.41. The summed E-state index contributed by atoms with van der Waals surface area (Å²) >= 11 is 0. The van der Waals surface area contributed by atoms with Gasteiger partial charge in [-0.1, -0.05) is 48.5 Å². The van der Waals surface area contributed by atoms with Crippen LogP contribution in [0.15, 0.2) is 60.7 Å². The number of para-hydroxylation sites is 1. The molecule has 0 spiro atoms. The molecule has 0 heterocycles. The first-order chi connectivity index (χ1) is 9.69. The normalized spacial score (nSPS) is 13.4. The number of aliphatic carboxylic acids is 1. The molecule has 5 heteroatoms. The van der Waals surface area contributed by atoms with Crippen molar-refractivity contribution in [3.8, 4) is 5.75 Å². The van der Waals surface area contributed by atoms with Crippen molar-refractivity contribution < 1.29 is 19.8 Å². The molecule has 0 amide bonds. The maximum absolute atomic E-state index is 11.6. The predicted octanol–water partition coefficient (Wildman–Crippen LogP) is 1.54. The Labute approximate surface area is 116 Å². The van der Waals surface area contributed by atoms with Crippen molar-refractivity contribution >= 4 is 5.97 Å². The number of hydrogen-bond donors (Lipinski definition) is 3. The molecule has 3 N–H and O–H groups in total. The zero-order chi connectivity index (χ0) is 14.4. The summed E-state index contributed by atoms with van der Waals surface area (Å²) in [5.41, 5.74) is 1.16. The van der Waals surface area contributed by atoms with Gasteiger partial charge in [0.2, 0.25) is 0 Å². The molecule has 0 aliphatic heterocycles. The number of carboxylic acids is 1. The first-order valence-electron chi connectivity index (χ1n) is 6.08. The standard InChI is InChI=1S/C15H15NO4/c17-11-15(14(18)19,12-7-3-1-4-8-12)16-20-13-9-5-2-6-10-13/h1-10,16-17H,11H2,(H,18,19)/t15-/m1/s1. The summed E-state index contributed by atoms with van der Waals surface area (Å²) in [6.07, 6.45) is 0. The highest BCUT2D eigenvalue weighted by atomic mass is 16.7. The average molecular weight is 273 g/mol. The van der Waals surface area contributed by atoms with E-state index in [1.165, 1.54) is 0 Å². The molecule has 0 saturated carbocycles. The fraction of sp³-hybridized carbons (Fsp3) is 0.133. The third kappa shape index (κ3) is 2.79. The van der Waals surface area contributed by atoms with E-state index in [-0.39, 0.29) is 0 Å². The molecule has 0 fully saturated rings. The molecule has 0 radical (unpaired) electrons. The lowest BCUT2D eigenvalue weighted by Crippen LogP contribution is -2.53. The van der Waals surface area contributed by atoms with E-state index in [1.807, 2.05) is 6.07 Å². The Morgan fingerprint density at radius 3 is 2.10 bits per heavy atom. The van der Waals surface area contributed by atoms with E-state index < -0.39 is 18.1 Å². The lowest BCUT2D eigenvalue weighted by atomic mass is 9.92. The lowest BCUT2D eigenvalue weighted by Gasteiger charge is -2.28. The summed E-state index contributed by atoms with van der Waals surface area (Å²) in [6.45, 7) is -0.640. The van der Waals surface area contributed by atoms with Crippen LogP contribution in [0.3, 0.4) is 0 Å². The summed E-state index contributed by atoms with van der Waals surface area (Å²) in [7, 11) is 0. The first-order valence-corrected chi connectivity index (χ1v) is 6.08. The molecule has 1 atom stereocenters. The van der Waals surface area contributed by atoms with Crippen LogP contribution in [0.2, 0.25) is 0 Å².